The third kappa shape index (κ3) is 9.59. The number of azo groups is 1. The number of aromatic hydroxyl groups is 1. The second kappa shape index (κ2) is 17.3. The summed E-state index contributed by atoms with van der Waals surface area (Å²) in [6.45, 7) is 1.80. The van der Waals surface area contributed by atoms with Gasteiger partial charge in [-0.25, -0.2) is 0 Å². The summed E-state index contributed by atoms with van der Waals surface area (Å²) in [4.78, 5) is 21.3. The molecule has 0 fully saturated rings. The summed E-state index contributed by atoms with van der Waals surface area (Å²) in [5.74, 6) is 0.0330. The number of allylic oxidation sites excluding steroid dienone is 3. The Morgan fingerprint density at radius 1 is 0.771 bits per heavy atom. The first-order valence-corrected chi connectivity index (χ1v) is 15.4. The number of nitrogens with zero attached hydrogens (tertiary/aromatic N) is 4. The lowest BCUT2D eigenvalue weighted by molar-refractivity contribution is -0.393. The van der Waals surface area contributed by atoms with Gasteiger partial charge in [0.05, 0.1) is 80.6 Å². The number of nitro benzene ring substituents is 2. The first kappa shape index (κ1) is 34.5. The Hall–Kier alpha value is -4.86. The smallest absolute Gasteiger partial charge is 0.303 e. The Morgan fingerprint density at radius 2 is 1.50 bits per heavy atom. The number of phenols is 1. The van der Waals surface area contributed by atoms with E-state index in [1.54, 1.807) is 12.1 Å². The van der Waals surface area contributed by atoms with Crippen molar-refractivity contribution in [1.29, 1.82) is 0 Å². The fourth-order valence-electron chi connectivity index (χ4n) is 5.24. The lowest BCUT2D eigenvalue weighted by Gasteiger charge is -2.26. The van der Waals surface area contributed by atoms with E-state index in [9.17, 15) is 25.3 Å². The van der Waals surface area contributed by atoms with E-state index in [1.165, 1.54) is 0 Å². The molecule has 0 saturated carbocycles. The zero-order valence-electron chi connectivity index (χ0n) is 26.1. The van der Waals surface area contributed by atoms with Crippen LogP contribution in [0.4, 0.5) is 22.7 Å². The molecule has 1 N–H and O–H groups in total. The summed E-state index contributed by atoms with van der Waals surface area (Å²) in [5.41, 5.74) is 0.766. The van der Waals surface area contributed by atoms with Crippen molar-refractivity contribution in [3.63, 3.8) is 0 Å². The van der Waals surface area contributed by atoms with Crippen LogP contribution in [0.2, 0.25) is 0 Å². The Morgan fingerprint density at radius 3 is 2.19 bits per heavy atom. The summed E-state index contributed by atoms with van der Waals surface area (Å²) >= 11 is 0. The molecule has 0 amide bonds. The van der Waals surface area contributed by atoms with Gasteiger partial charge in [0.15, 0.2) is 5.69 Å². The molecule has 252 valence electrons. The molecule has 2 aliphatic rings. The molecule has 3 aromatic rings. The molecular formula is C34H36N4O10. The van der Waals surface area contributed by atoms with E-state index in [1.807, 2.05) is 42.5 Å². The molecule has 1 unspecified atom stereocenters. The van der Waals surface area contributed by atoms with E-state index >= 15 is 0 Å². The van der Waals surface area contributed by atoms with Crippen molar-refractivity contribution in [2.45, 2.75) is 31.8 Å². The molecule has 3 aromatic carbocycles. The van der Waals surface area contributed by atoms with Gasteiger partial charge in [-0.2, -0.15) is 5.11 Å². The largest absolute Gasteiger partial charge is 0.507 e. The van der Waals surface area contributed by atoms with Crippen molar-refractivity contribution in [1.82, 2.24) is 0 Å². The molecule has 0 radical (unpaired) electrons. The SMILES string of the molecule is O=[N+]([O-])c1ccc(N=Nc2cc3c(O)c(c2)COC[C@H](C2C=CC=CC2)OCCOCCO[C@@H](c2ccccc2)COC3)c([N+](=O)[O-])c1. The van der Waals surface area contributed by atoms with Gasteiger partial charge >= 0.3 is 5.69 Å². The molecule has 1 aliphatic carbocycles. The summed E-state index contributed by atoms with van der Waals surface area (Å²) in [6, 6.07) is 15.8. The standard InChI is InChI=1S/C34H36N4O10/c39-34-26-17-28(35-36-30-12-11-29(37(40)41)19-31(30)38(42)43)18-27(34)21-46-23-33(25-9-5-2-6-10-25)48-16-14-44-13-15-47-32(22-45-20-26)24-7-3-1-4-8-24/h1-9,11-12,17-19,25,32-33,39H,10,13-16,20-23H2/t25?,32-,33-/m1/s1. The second-order valence-electron chi connectivity index (χ2n) is 11.0. The fraction of sp³-hybridized carbons (Fsp3) is 0.353. The number of phenolic OH excluding ortho intramolecular Hbond substituents is 1. The van der Waals surface area contributed by atoms with Crippen molar-refractivity contribution in [3.8, 4) is 5.75 Å². The number of nitro groups is 2. The third-order valence-corrected chi connectivity index (χ3v) is 7.73. The van der Waals surface area contributed by atoms with Crippen LogP contribution in [0.1, 0.15) is 29.2 Å². The van der Waals surface area contributed by atoms with Crippen LogP contribution in [-0.4, -0.2) is 60.7 Å². The van der Waals surface area contributed by atoms with Crippen molar-refractivity contribution in [3.05, 3.63) is 122 Å². The minimum absolute atomic E-state index is 0.00173. The number of benzene rings is 3. The van der Waals surface area contributed by atoms with Crippen molar-refractivity contribution >= 4 is 22.7 Å². The second-order valence-corrected chi connectivity index (χ2v) is 11.0. The molecule has 14 nitrogen and oxygen atoms in total. The first-order valence-electron chi connectivity index (χ1n) is 15.4. The number of fused-ring (bicyclic) bond motifs is 2. The van der Waals surface area contributed by atoms with E-state index in [2.05, 4.69) is 22.4 Å². The van der Waals surface area contributed by atoms with Crippen LogP contribution < -0.4 is 0 Å². The van der Waals surface area contributed by atoms with Gasteiger partial charge in [0.25, 0.3) is 5.69 Å². The van der Waals surface area contributed by atoms with Gasteiger partial charge in [-0.3, -0.25) is 20.2 Å². The van der Waals surface area contributed by atoms with Gasteiger partial charge in [0.1, 0.15) is 11.9 Å². The summed E-state index contributed by atoms with van der Waals surface area (Å²) < 4.78 is 30.2. The zero-order chi connectivity index (χ0) is 33.7. The zero-order valence-corrected chi connectivity index (χ0v) is 26.1. The minimum atomic E-state index is -0.761. The molecule has 5 rings (SSSR count). The van der Waals surface area contributed by atoms with Crippen molar-refractivity contribution in [2.24, 2.45) is 16.1 Å². The Kier molecular flexibility index (Phi) is 12.5. The quantitative estimate of drug-likeness (QED) is 0.165. The maximum absolute atomic E-state index is 11.6. The van der Waals surface area contributed by atoms with Crippen LogP contribution in [0, 0.1) is 26.1 Å². The highest BCUT2D eigenvalue weighted by atomic mass is 16.6. The molecule has 0 aromatic heterocycles. The van der Waals surface area contributed by atoms with Crippen molar-refractivity contribution < 1.29 is 38.6 Å². The molecule has 2 bridgehead atoms. The van der Waals surface area contributed by atoms with Gasteiger partial charge in [-0.15, -0.1) is 5.11 Å². The third-order valence-electron chi connectivity index (χ3n) is 7.73. The van der Waals surface area contributed by atoms with Crippen LogP contribution in [0.3, 0.4) is 0 Å². The van der Waals surface area contributed by atoms with E-state index in [-0.39, 0.29) is 55.6 Å². The topological polar surface area (TPSA) is 177 Å². The van der Waals surface area contributed by atoms with E-state index < -0.39 is 27.3 Å². The Labute approximate surface area is 276 Å². The lowest BCUT2D eigenvalue weighted by Crippen LogP contribution is -2.30. The number of hydrogen-bond donors (Lipinski definition) is 1. The first-order chi connectivity index (χ1) is 23.4. The highest BCUT2D eigenvalue weighted by Gasteiger charge is 2.23. The Bertz CT molecular complexity index is 1650. The van der Waals surface area contributed by atoms with E-state index in [4.69, 9.17) is 23.7 Å². The Balaban J connectivity index is 1.42. The normalized spacial score (nSPS) is 21.4. The van der Waals surface area contributed by atoms with Gasteiger partial charge in [0.2, 0.25) is 0 Å². The number of hydrogen-bond acceptors (Lipinski definition) is 12. The average Bonchev–Trinajstić information content (AvgIpc) is 3.10. The molecule has 0 saturated heterocycles. The fourth-order valence-corrected chi connectivity index (χ4v) is 5.24. The molecular weight excluding hydrogens is 624 g/mol. The van der Waals surface area contributed by atoms with Gasteiger partial charge < -0.3 is 28.8 Å². The lowest BCUT2D eigenvalue weighted by atomic mass is 9.95. The predicted molar refractivity (Wildman–Crippen MR) is 173 cm³/mol. The minimum Gasteiger partial charge on any atom is -0.507 e. The molecule has 1 heterocycles. The van der Waals surface area contributed by atoms with Gasteiger partial charge in [-0.05, 0) is 30.2 Å². The summed E-state index contributed by atoms with van der Waals surface area (Å²) in [6.07, 6.45) is 8.21. The maximum Gasteiger partial charge on any atom is 0.303 e. The summed E-state index contributed by atoms with van der Waals surface area (Å²) in [5, 5.41) is 42.2. The van der Waals surface area contributed by atoms with Crippen LogP contribution >= 0.6 is 0 Å². The number of ether oxygens (including phenoxy) is 5. The van der Waals surface area contributed by atoms with Gasteiger partial charge in [0, 0.05) is 23.1 Å². The van der Waals surface area contributed by atoms with Crippen LogP contribution in [0.15, 0.2) is 95.2 Å². The maximum atomic E-state index is 11.6. The average molecular weight is 661 g/mol. The number of non-ortho nitro benzene ring substituents is 1. The molecule has 14 heteroatoms. The predicted octanol–water partition coefficient (Wildman–Crippen LogP) is 6.96. The highest BCUT2D eigenvalue weighted by Crippen LogP contribution is 2.35. The molecule has 3 atom stereocenters. The van der Waals surface area contributed by atoms with Crippen LogP contribution in [0.5, 0.6) is 5.75 Å². The van der Waals surface area contributed by atoms with Gasteiger partial charge in [-0.1, -0.05) is 54.6 Å². The van der Waals surface area contributed by atoms with E-state index in [0.717, 1.165) is 30.2 Å². The van der Waals surface area contributed by atoms with Crippen molar-refractivity contribution in [2.75, 3.05) is 39.6 Å². The molecule has 0 spiro atoms. The monoisotopic (exact) mass is 660 g/mol. The summed E-state index contributed by atoms with van der Waals surface area (Å²) in [7, 11) is 0. The van der Waals surface area contributed by atoms with Crippen LogP contribution in [-0.2, 0) is 36.9 Å². The highest BCUT2D eigenvalue weighted by molar-refractivity contribution is 5.62. The van der Waals surface area contributed by atoms with E-state index in [0.29, 0.717) is 37.6 Å². The molecule has 48 heavy (non-hydrogen) atoms. The molecule has 1 aliphatic heterocycles. The van der Waals surface area contributed by atoms with Crippen LogP contribution in [0.25, 0.3) is 0 Å². The number of rotatable bonds is 6.